The largest absolute Gasteiger partial charge is 0.391 e. The molecule has 3 heteroatoms. The van der Waals surface area contributed by atoms with Crippen LogP contribution in [0, 0.1) is 6.92 Å². The Morgan fingerprint density at radius 2 is 2.23 bits per heavy atom. The van der Waals surface area contributed by atoms with E-state index in [-0.39, 0.29) is 12.1 Å². The molecule has 0 spiro atoms. The van der Waals surface area contributed by atoms with Crippen molar-refractivity contribution in [3.8, 4) is 0 Å². The lowest BCUT2D eigenvalue weighted by Gasteiger charge is -2.29. The smallest absolute Gasteiger partial charge is 0.105 e. The van der Waals surface area contributed by atoms with Crippen LogP contribution in [-0.2, 0) is 0 Å². The fraction of sp³-hybridized carbons (Fsp3) is 0.700. The van der Waals surface area contributed by atoms with Gasteiger partial charge < -0.3 is 9.67 Å². The molecule has 2 atom stereocenters. The van der Waals surface area contributed by atoms with E-state index in [0.717, 1.165) is 25.1 Å². The third-order valence-electron chi connectivity index (χ3n) is 2.91. The summed E-state index contributed by atoms with van der Waals surface area (Å²) in [6.45, 7) is 1.99. The summed E-state index contributed by atoms with van der Waals surface area (Å²) in [5.41, 5.74) is 0. The summed E-state index contributed by atoms with van der Waals surface area (Å²) in [6.07, 6.45) is 7.98. The van der Waals surface area contributed by atoms with Crippen molar-refractivity contribution in [2.24, 2.45) is 0 Å². The second-order valence-corrected chi connectivity index (χ2v) is 3.80. The molecule has 0 amide bonds. The van der Waals surface area contributed by atoms with E-state index in [0.29, 0.717) is 0 Å². The van der Waals surface area contributed by atoms with Crippen molar-refractivity contribution in [1.82, 2.24) is 9.55 Å². The van der Waals surface area contributed by atoms with Gasteiger partial charge in [-0.15, -0.1) is 0 Å². The highest BCUT2D eigenvalue weighted by Crippen LogP contribution is 2.29. The Balaban J connectivity index is 2.19. The SMILES string of the molecule is Cc1nccn1[C@H]1CCCC[C@H]1O. The number of aliphatic hydroxyl groups excluding tert-OH is 1. The molecule has 0 saturated heterocycles. The molecule has 0 aliphatic heterocycles. The molecule has 1 N–H and O–H groups in total. The molecule has 1 saturated carbocycles. The molecule has 0 aromatic carbocycles. The van der Waals surface area contributed by atoms with Crippen molar-refractivity contribution in [3.63, 3.8) is 0 Å². The fourth-order valence-electron chi connectivity index (χ4n) is 2.15. The van der Waals surface area contributed by atoms with Gasteiger partial charge >= 0.3 is 0 Å². The minimum atomic E-state index is -0.179. The number of aliphatic hydroxyl groups is 1. The Morgan fingerprint density at radius 3 is 2.85 bits per heavy atom. The summed E-state index contributed by atoms with van der Waals surface area (Å²) < 4.78 is 2.10. The first kappa shape index (κ1) is 8.75. The van der Waals surface area contributed by atoms with Crippen molar-refractivity contribution >= 4 is 0 Å². The molecular weight excluding hydrogens is 164 g/mol. The number of hydrogen-bond acceptors (Lipinski definition) is 2. The van der Waals surface area contributed by atoms with Gasteiger partial charge in [0.15, 0.2) is 0 Å². The first-order chi connectivity index (χ1) is 6.29. The third kappa shape index (κ3) is 1.61. The fourth-order valence-corrected chi connectivity index (χ4v) is 2.15. The summed E-state index contributed by atoms with van der Waals surface area (Å²) in [4.78, 5) is 4.18. The summed E-state index contributed by atoms with van der Waals surface area (Å²) >= 11 is 0. The zero-order valence-electron chi connectivity index (χ0n) is 7.98. The highest BCUT2D eigenvalue weighted by atomic mass is 16.3. The Labute approximate surface area is 78.4 Å². The maximum atomic E-state index is 9.82. The lowest BCUT2D eigenvalue weighted by molar-refractivity contribution is 0.0744. The van der Waals surface area contributed by atoms with E-state index in [1.54, 1.807) is 6.20 Å². The molecule has 13 heavy (non-hydrogen) atoms. The average Bonchev–Trinajstić information content (AvgIpc) is 2.52. The topological polar surface area (TPSA) is 38.0 Å². The van der Waals surface area contributed by atoms with Crippen LogP contribution in [-0.4, -0.2) is 20.8 Å². The molecule has 1 aromatic heterocycles. The van der Waals surface area contributed by atoms with Gasteiger partial charge in [0.2, 0.25) is 0 Å². The molecule has 2 rings (SSSR count). The van der Waals surface area contributed by atoms with Crippen LogP contribution < -0.4 is 0 Å². The monoisotopic (exact) mass is 180 g/mol. The van der Waals surface area contributed by atoms with Crippen LogP contribution in [0.4, 0.5) is 0 Å². The molecule has 1 aromatic rings. The molecule has 0 radical (unpaired) electrons. The molecule has 1 aliphatic carbocycles. The summed E-state index contributed by atoms with van der Waals surface area (Å²) in [5.74, 6) is 1.01. The number of nitrogens with zero attached hydrogens (tertiary/aromatic N) is 2. The van der Waals surface area contributed by atoms with Crippen LogP contribution in [0.2, 0.25) is 0 Å². The van der Waals surface area contributed by atoms with Crippen LogP contribution >= 0.6 is 0 Å². The highest BCUT2D eigenvalue weighted by Gasteiger charge is 2.24. The zero-order valence-corrected chi connectivity index (χ0v) is 7.98. The predicted molar refractivity (Wildman–Crippen MR) is 50.5 cm³/mol. The second kappa shape index (κ2) is 3.50. The molecule has 72 valence electrons. The number of imidazole rings is 1. The van der Waals surface area contributed by atoms with Crippen molar-refractivity contribution in [1.29, 1.82) is 0 Å². The van der Waals surface area contributed by atoms with Crippen molar-refractivity contribution in [3.05, 3.63) is 18.2 Å². The first-order valence-corrected chi connectivity index (χ1v) is 4.96. The number of rotatable bonds is 1. The Kier molecular flexibility index (Phi) is 2.36. The van der Waals surface area contributed by atoms with Gasteiger partial charge in [-0.05, 0) is 19.8 Å². The third-order valence-corrected chi connectivity index (χ3v) is 2.91. The molecule has 3 nitrogen and oxygen atoms in total. The highest BCUT2D eigenvalue weighted by molar-refractivity contribution is 4.95. The lowest BCUT2D eigenvalue weighted by atomic mass is 9.92. The Bertz CT molecular complexity index is 282. The van der Waals surface area contributed by atoms with Crippen LogP contribution in [0.25, 0.3) is 0 Å². The van der Waals surface area contributed by atoms with Crippen LogP contribution in [0.15, 0.2) is 12.4 Å². The second-order valence-electron chi connectivity index (χ2n) is 3.80. The van der Waals surface area contributed by atoms with E-state index in [1.807, 2.05) is 13.1 Å². The predicted octanol–water partition coefficient (Wildman–Crippen LogP) is 1.67. The molecule has 1 heterocycles. The van der Waals surface area contributed by atoms with E-state index in [9.17, 15) is 5.11 Å². The van der Waals surface area contributed by atoms with Gasteiger partial charge in [0.25, 0.3) is 0 Å². The Hall–Kier alpha value is -0.830. The summed E-state index contributed by atoms with van der Waals surface area (Å²) in [7, 11) is 0. The minimum Gasteiger partial charge on any atom is -0.391 e. The van der Waals surface area contributed by atoms with Gasteiger partial charge in [-0.1, -0.05) is 12.8 Å². The Morgan fingerprint density at radius 1 is 1.46 bits per heavy atom. The van der Waals surface area contributed by atoms with E-state index >= 15 is 0 Å². The van der Waals surface area contributed by atoms with Gasteiger partial charge in [0.1, 0.15) is 5.82 Å². The average molecular weight is 180 g/mol. The molecule has 1 fully saturated rings. The lowest BCUT2D eigenvalue weighted by Crippen LogP contribution is -2.27. The van der Waals surface area contributed by atoms with Crippen molar-refractivity contribution in [2.75, 3.05) is 0 Å². The van der Waals surface area contributed by atoms with Crippen LogP contribution in [0.1, 0.15) is 37.5 Å². The van der Waals surface area contributed by atoms with Gasteiger partial charge in [0.05, 0.1) is 12.1 Å². The minimum absolute atomic E-state index is 0.179. The number of hydrogen-bond donors (Lipinski definition) is 1. The normalized spacial score (nSPS) is 29.1. The van der Waals surface area contributed by atoms with Gasteiger partial charge in [-0.25, -0.2) is 4.98 Å². The standard InChI is InChI=1S/C10H16N2O/c1-8-11-6-7-12(8)9-4-2-3-5-10(9)13/h6-7,9-10,13H,2-5H2,1H3/t9-,10+/m0/s1. The van der Waals surface area contributed by atoms with Gasteiger partial charge in [-0.3, -0.25) is 0 Å². The molecule has 0 unspecified atom stereocenters. The number of aromatic nitrogens is 2. The van der Waals surface area contributed by atoms with E-state index in [2.05, 4.69) is 9.55 Å². The van der Waals surface area contributed by atoms with Crippen molar-refractivity contribution in [2.45, 2.75) is 44.8 Å². The summed E-state index contributed by atoms with van der Waals surface area (Å²) in [5, 5.41) is 9.82. The number of aryl methyl sites for hydroxylation is 1. The van der Waals surface area contributed by atoms with E-state index < -0.39 is 0 Å². The molecular formula is C10H16N2O. The molecule has 1 aliphatic rings. The zero-order chi connectivity index (χ0) is 9.26. The maximum Gasteiger partial charge on any atom is 0.105 e. The van der Waals surface area contributed by atoms with Gasteiger partial charge in [-0.2, -0.15) is 0 Å². The molecule has 0 bridgehead atoms. The van der Waals surface area contributed by atoms with Crippen LogP contribution in [0.5, 0.6) is 0 Å². The first-order valence-electron chi connectivity index (χ1n) is 4.96. The van der Waals surface area contributed by atoms with E-state index in [1.165, 1.54) is 6.42 Å². The maximum absolute atomic E-state index is 9.82. The van der Waals surface area contributed by atoms with Crippen molar-refractivity contribution < 1.29 is 5.11 Å². The summed E-state index contributed by atoms with van der Waals surface area (Å²) in [6, 6.07) is 0.260. The van der Waals surface area contributed by atoms with Crippen LogP contribution in [0.3, 0.4) is 0 Å². The van der Waals surface area contributed by atoms with Gasteiger partial charge in [0, 0.05) is 12.4 Å². The quantitative estimate of drug-likeness (QED) is 0.713. The van der Waals surface area contributed by atoms with E-state index in [4.69, 9.17) is 0 Å².